The largest absolute Gasteiger partial charge is 0.379 e. The number of carbonyl (C=O) groups excluding carboxylic acids is 1. The lowest BCUT2D eigenvalue weighted by molar-refractivity contribution is 0.100. The van der Waals surface area contributed by atoms with Gasteiger partial charge in [-0.25, -0.2) is 14.6 Å². The molecular weight excluding hydrogens is 396 g/mol. The van der Waals surface area contributed by atoms with Gasteiger partial charge in [-0.3, -0.25) is 4.79 Å². The van der Waals surface area contributed by atoms with Crippen LogP contribution in [0, 0.1) is 0 Å². The second kappa shape index (κ2) is 7.95. The second-order valence-corrected chi connectivity index (χ2v) is 7.68. The predicted octanol–water partition coefficient (Wildman–Crippen LogP) is 2.41. The number of nitrogens with two attached hydrogens (primary N) is 1. The van der Waals surface area contributed by atoms with Crippen LogP contribution in [-0.2, 0) is 4.74 Å². The summed E-state index contributed by atoms with van der Waals surface area (Å²) in [5.41, 5.74) is 8.19. The molecule has 1 aliphatic heterocycles. The molecule has 160 valence electrons. The van der Waals surface area contributed by atoms with Gasteiger partial charge < -0.3 is 15.8 Å². The third-order valence-corrected chi connectivity index (χ3v) is 5.31. The Labute approximate surface area is 178 Å². The van der Waals surface area contributed by atoms with Gasteiger partial charge in [0.1, 0.15) is 17.1 Å². The van der Waals surface area contributed by atoms with Gasteiger partial charge in [-0.2, -0.15) is 14.7 Å². The van der Waals surface area contributed by atoms with E-state index in [1.54, 1.807) is 17.8 Å². The average Bonchev–Trinajstić information content (AvgIpc) is 3.30. The molecule has 0 aromatic carbocycles. The summed E-state index contributed by atoms with van der Waals surface area (Å²) in [7, 11) is 1.78. The number of fused-ring (bicyclic) bond motifs is 2. The van der Waals surface area contributed by atoms with Gasteiger partial charge in [0.05, 0.1) is 24.5 Å². The zero-order valence-electron chi connectivity index (χ0n) is 17.3. The molecule has 3 N–H and O–H groups in total. The zero-order chi connectivity index (χ0) is 21.4. The molecule has 1 atom stereocenters. The van der Waals surface area contributed by atoms with Gasteiger partial charge in [0, 0.05) is 31.3 Å². The van der Waals surface area contributed by atoms with E-state index in [9.17, 15) is 4.79 Å². The summed E-state index contributed by atoms with van der Waals surface area (Å²) < 4.78 is 8.98. The van der Waals surface area contributed by atoms with Crippen LogP contribution >= 0.6 is 0 Å². The molecule has 4 aromatic rings. The number of hydrogen-bond acceptors (Lipinski definition) is 7. The molecule has 31 heavy (non-hydrogen) atoms. The smallest absolute Gasteiger partial charge is 0.254 e. The number of carbonyl (C=O) groups is 1. The van der Waals surface area contributed by atoms with Crippen molar-refractivity contribution in [3.8, 4) is 11.4 Å². The third-order valence-electron chi connectivity index (χ3n) is 5.31. The first-order valence-corrected chi connectivity index (χ1v) is 10.4. The van der Waals surface area contributed by atoms with E-state index in [0.717, 1.165) is 17.5 Å². The number of hydrogen-bond donors (Lipinski definition) is 2. The van der Waals surface area contributed by atoms with E-state index in [0.29, 0.717) is 36.1 Å². The number of nitrogens with zero attached hydrogens (tertiary/aromatic N) is 6. The lowest BCUT2D eigenvalue weighted by Crippen LogP contribution is -2.12. The van der Waals surface area contributed by atoms with E-state index in [2.05, 4.69) is 20.4 Å². The molecule has 4 aromatic heterocycles. The lowest BCUT2D eigenvalue weighted by Gasteiger charge is -2.08. The normalized spacial score (nSPS) is 17.5. The maximum absolute atomic E-state index is 11.8. The molecule has 1 aliphatic carbocycles. The van der Waals surface area contributed by atoms with Gasteiger partial charge in [-0.05, 0) is 18.6 Å². The molecule has 2 aliphatic rings. The van der Waals surface area contributed by atoms with Gasteiger partial charge in [0.25, 0.3) is 5.91 Å². The van der Waals surface area contributed by atoms with Crippen molar-refractivity contribution in [2.24, 2.45) is 5.73 Å². The van der Waals surface area contributed by atoms with Crippen LogP contribution in [0.1, 0.15) is 42.1 Å². The summed E-state index contributed by atoms with van der Waals surface area (Å²) >= 11 is 0. The van der Waals surface area contributed by atoms with E-state index < -0.39 is 5.91 Å². The average molecular weight is 420 g/mol. The Morgan fingerprint density at radius 2 is 2.13 bits per heavy atom. The van der Waals surface area contributed by atoms with Gasteiger partial charge in [-0.1, -0.05) is 19.3 Å². The molecule has 0 bridgehead atoms. The summed E-state index contributed by atoms with van der Waals surface area (Å²) in [4.78, 5) is 21.0. The number of amides is 1. The minimum Gasteiger partial charge on any atom is -0.379 e. The monoisotopic (exact) mass is 420 g/mol. The second-order valence-electron chi connectivity index (χ2n) is 7.68. The summed E-state index contributed by atoms with van der Waals surface area (Å²) in [5, 5.41) is 13.0. The number of pyridine rings is 1. The molecule has 1 unspecified atom stereocenters. The van der Waals surface area contributed by atoms with Crippen LogP contribution in [0.4, 0.5) is 5.82 Å². The summed E-state index contributed by atoms with van der Waals surface area (Å²) in [6, 6.07) is 5.81. The fourth-order valence-corrected chi connectivity index (χ4v) is 3.57. The van der Waals surface area contributed by atoms with Crippen LogP contribution < -0.4 is 11.1 Å². The molecule has 1 saturated heterocycles. The Hall–Kier alpha value is -3.53. The van der Waals surface area contributed by atoms with Crippen LogP contribution in [0.2, 0.25) is 0 Å². The van der Waals surface area contributed by atoms with Crippen molar-refractivity contribution in [2.75, 3.05) is 25.6 Å². The highest BCUT2D eigenvalue weighted by atomic mass is 16.5. The van der Waals surface area contributed by atoms with Crippen LogP contribution in [0.3, 0.4) is 0 Å². The van der Waals surface area contributed by atoms with Gasteiger partial charge in [-0.15, -0.1) is 0 Å². The first-order chi connectivity index (χ1) is 15.2. The van der Waals surface area contributed by atoms with Crippen molar-refractivity contribution >= 4 is 28.4 Å². The molecule has 2 fully saturated rings. The van der Waals surface area contributed by atoms with Gasteiger partial charge >= 0.3 is 0 Å². The van der Waals surface area contributed by atoms with Crippen molar-refractivity contribution in [2.45, 2.75) is 31.7 Å². The lowest BCUT2D eigenvalue weighted by atomic mass is 10.2. The highest BCUT2D eigenvalue weighted by Crippen LogP contribution is 2.31. The van der Waals surface area contributed by atoms with E-state index in [1.807, 2.05) is 22.9 Å². The maximum Gasteiger partial charge on any atom is 0.254 e. The predicted molar refractivity (Wildman–Crippen MR) is 116 cm³/mol. The summed E-state index contributed by atoms with van der Waals surface area (Å²) in [5.74, 6) is 0.0881. The van der Waals surface area contributed by atoms with Crippen LogP contribution in [0.25, 0.3) is 28.1 Å². The quantitative estimate of drug-likeness (QED) is 0.519. The van der Waals surface area contributed by atoms with Crippen LogP contribution in [0.15, 0.2) is 30.6 Å². The highest BCUT2D eigenvalue weighted by molar-refractivity contribution is 5.99. The van der Waals surface area contributed by atoms with Gasteiger partial charge in [0.15, 0.2) is 11.3 Å². The molecule has 0 spiro atoms. The number of primary amides is 1. The van der Waals surface area contributed by atoms with E-state index >= 15 is 0 Å². The van der Waals surface area contributed by atoms with Crippen molar-refractivity contribution in [3.63, 3.8) is 0 Å². The SMILES string of the molecule is C1CC1.CNc1cc(-c2nn(C3CCOC3)c3ncccc23)nc2c(C(N)=O)cnn12. The number of anilines is 1. The Morgan fingerprint density at radius 3 is 2.81 bits per heavy atom. The van der Waals surface area contributed by atoms with Crippen molar-refractivity contribution < 1.29 is 9.53 Å². The van der Waals surface area contributed by atoms with Crippen molar-refractivity contribution in [1.82, 2.24) is 29.4 Å². The first kappa shape index (κ1) is 19.4. The molecule has 6 rings (SSSR count). The number of ether oxygens (including phenoxy) is 1. The highest BCUT2D eigenvalue weighted by Gasteiger charge is 2.25. The first-order valence-electron chi connectivity index (χ1n) is 10.4. The Bertz CT molecular complexity index is 1250. The standard InChI is InChI=1S/C18H18N8O2.C3H6/c1-20-14-7-13(23-18-12(16(19)27)8-22-26(14)18)15-11-3-2-5-21-17(11)25(24-15)10-4-6-28-9-10;1-2-3-1/h2-3,5,7-8,10,20H,4,6,9H2,1H3,(H2,19,27);1-3H2. The fraction of sp³-hybridized carbons (Fsp3) is 0.381. The van der Waals surface area contributed by atoms with Crippen molar-refractivity contribution in [1.29, 1.82) is 0 Å². The maximum atomic E-state index is 11.8. The Balaban J connectivity index is 0.000000628. The van der Waals surface area contributed by atoms with Gasteiger partial charge in [0.2, 0.25) is 0 Å². The van der Waals surface area contributed by atoms with E-state index in [1.165, 1.54) is 25.5 Å². The summed E-state index contributed by atoms with van der Waals surface area (Å²) in [6.45, 7) is 1.32. The number of rotatable bonds is 4. The molecule has 10 heteroatoms. The molecule has 5 heterocycles. The topological polar surface area (TPSA) is 125 Å². The molecular formula is C21H24N8O2. The Kier molecular flexibility index (Phi) is 4.99. The minimum atomic E-state index is -0.582. The third kappa shape index (κ3) is 3.59. The Morgan fingerprint density at radius 1 is 1.29 bits per heavy atom. The van der Waals surface area contributed by atoms with E-state index in [-0.39, 0.29) is 11.6 Å². The molecule has 1 amide bonds. The van der Waals surface area contributed by atoms with Crippen LogP contribution in [0.5, 0.6) is 0 Å². The molecule has 0 radical (unpaired) electrons. The van der Waals surface area contributed by atoms with Crippen LogP contribution in [-0.4, -0.2) is 55.5 Å². The van der Waals surface area contributed by atoms with E-state index in [4.69, 9.17) is 15.6 Å². The molecule has 1 saturated carbocycles. The fourth-order valence-electron chi connectivity index (χ4n) is 3.57. The minimum absolute atomic E-state index is 0.134. The number of nitrogens with one attached hydrogen (secondary N) is 1. The molecule has 10 nitrogen and oxygen atoms in total. The summed E-state index contributed by atoms with van der Waals surface area (Å²) in [6.07, 6.45) is 8.55. The zero-order valence-corrected chi connectivity index (χ0v) is 17.3. The number of aromatic nitrogens is 6. The van der Waals surface area contributed by atoms with Crippen molar-refractivity contribution in [3.05, 3.63) is 36.2 Å².